The largest absolute Gasteiger partial charge is 0.350 e. The fourth-order valence-electron chi connectivity index (χ4n) is 2.18. The summed E-state index contributed by atoms with van der Waals surface area (Å²) in [7, 11) is 1.90. The van der Waals surface area contributed by atoms with E-state index >= 15 is 0 Å². The van der Waals surface area contributed by atoms with E-state index in [1.165, 1.54) is 0 Å². The quantitative estimate of drug-likeness (QED) is 0.803. The average molecular weight is 236 g/mol. The molecule has 0 radical (unpaired) electrons. The summed E-state index contributed by atoms with van der Waals surface area (Å²) < 4.78 is 1.82. The van der Waals surface area contributed by atoms with Crippen LogP contribution in [0.25, 0.3) is 0 Å². The Bertz CT molecular complexity index is 418. The zero-order chi connectivity index (χ0) is 12.5. The first-order valence-electron chi connectivity index (χ1n) is 6.04. The summed E-state index contributed by atoms with van der Waals surface area (Å²) in [4.78, 5) is 12.1. The number of carbonyl (C=O) groups is 1. The normalized spacial score (nSPS) is 23.9. The predicted octanol–water partition coefficient (Wildman–Crippen LogP) is 0.487. The number of nitrogens with one attached hydrogen (secondary N) is 2. The number of nitrogens with zero attached hydrogens (tertiary/aromatic N) is 2. The fourth-order valence-corrected chi connectivity index (χ4v) is 2.18. The molecule has 2 heterocycles. The molecule has 1 aliphatic heterocycles. The number of carbonyl (C=O) groups excluding carboxylic acids is 1. The van der Waals surface area contributed by atoms with E-state index in [1.807, 2.05) is 25.6 Å². The maximum absolute atomic E-state index is 12.1. The van der Waals surface area contributed by atoms with Crippen LogP contribution in [0.4, 0.5) is 0 Å². The number of rotatable bonds is 3. The van der Waals surface area contributed by atoms with Gasteiger partial charge in [0, 0.05) is 24.8 Å². The Morgan fingerprint density at radius 3 is 3.00 bits per heavy atom. The smallest absolute Gasteiger partial charge is 0.240 e. The topological polar surface area (TPSA) is 59.0 Å². The molecule has 5 nitrogen and oxygen atoms in total. The molecule has 1 saturated heterocycles. The summed E-state index contributed by atoms with van der Waals surface area (Å²) >= 11 is 0. The highest BCUT2D eigenvalue weighted by Gasteiger charge is 2.35. The Labute approximate surface area is 102 Å². The van der Waals surface area contributed by atoms with Gasteiger partial charge in [0.2, 0.25) is 5.91 Å². The Morgan fingerprint density at radius 1 is 1.71 bits per heavy atom. The van der Waals surface area contributed by atoms with E-state index < -0.39 is 5.54 Å². The maximum Gasteiger partial charge on any atom is 0.240 e. The van der Waals surface area contributed by atoms with Crippen molar-refractivity contribution in [3.63, 3.8) is 0 Å². The van der Waals surface area contributed by atoms with Gasteiger partial charge in [-0.15, -0.1) is 0 Å². The molecule has 5 heteroatoms. The maximum atomic E-state index is 12.1. The molecule has 0 aliphatic carbocycles. The van der Waals surface area contributed by atoms with Crippen LogP contribution in [-0.2, 0) is 18.4 Å². The first-order chi connectivity index (χ1) is 8.03. The molecule has 0 saturated carbocycles. The molecule has 1 fully saturated rings. The lowest BCUT2D eigenvalue weighted by atomic mass is 9.99. The van der Waals surface area contributed by atoms with Crippen LogP contribution in [-0.4, -0.2) is 27.8 Å². The van der Waals surface area contributed by atoms with Crippen molar-refractivity contribution in [2.45, 2.75) is 38.8 Å². The molecule has 1 amide bonds. The monoisotopic (exact) mass is 236 g/mol. The molecular formula is C12H20N4O. The number of aryl methyl sites for hydroxylation is 1. The molecule has 1 aromatic heterocycles. The number of hydrogen-bond donors (Lipinski definition) is 2. The summed E-state index contributed by atoms with van der Waals surface area (Å²) in [6.07, 6.45) is 3.78. The summed E-state index contributed by atoms with van der Waals surface area (Å²) in [6.45, 7) is 5.45. The fraction of sp³-hybridized carbons (Fsp3) is 0.667. The van der Waals surface area contributed by atoms with Crippen LogP contribution in [0, 0.1) is 6.92 Å². The highest BCUT2D eigenvalue weighted by molar-refractivity contribution is 5.86. The van der Waals surface area contributed by atoms with Crippen LogP contribution in [0.3, 0.4) is 0 Å². The van der Waals surface area contributed by atoms with Crippen molar-refractivity contribution in [3.8, 4) is 0 Å². The van der Waals surface area contributed by atoms with Gasteiger partial charge in [0.1, 0.15) is 0 Å². The standard InChI is InChI=1S/C12H20N4O/c1-9-10(8-15-16(9)3)7-13-11(17)12(2)5-4-6-14-12/h8,14H,4-7H2,1-3H3,(H,13,17). The lowest BCUT2D eigenvalue weighted by molar-refractivity contribution is -0.126. The van der Waals surface area contributed by atoms with E-state index in [0.717, 1.165) is 30.6 Å². The third-order valence-corrected chi connectivity index (χ3v) is 3.65. The van der Waals surface area contributed by atoms with Gasteiger partial charge in [-0.25, -0.2) is 0 Å². The molecule has 0 bridgehead atoms. The molecule has 1 atom stereocenters. The van der Waals surface area contributed by atoms with Gasteiger partial charge in [-0.2, -0.15) is 5.10 Å². The molecule has 1 unspecified atom stereocenters. The van der Waals surface area contributed by atoms with E-state index in [2.05, 4.69) is 15.7 Å². The molecule has 0 aromatic carbocycles. The van der Waals surface area contributed by atoms with Crippen LogP contribution in [0.5, 0.6) is 0 Å². The molecule has 2 N–H and O–H groups in total. The molecule has 0 spiro atoms. The number of hydrogen-bond acceptors (Lipinski definition) is 3. The highest BCUT2D eigenvalue weighted by Crippen LogP contribution is 2.18. The van der Waals surface area contributed by atoms with Crippen molar-refractivity contribution in [2.24, 2.45) is 7.05 Å². The summed E-state index contributed by atoms with van der Waals surface area (Å²) in [6, 6.07) is 0. The van der Waals surface area contributed by atoms with Gasteiger partial charge in [-0.05, 0) is 33.2 Å². The summed E-state index contributed by atoms with van der Waals surface area (Å²) in [5, 5.41) is 10.4. The zero-order valence-electron chi connectivity index (χ0n) is 10.7. The van der Waals surface area contributed by atoms with Crippen molar-refractivity contribution < 1.29 is 4.79 Å². The van der Waals surface area contributed by atoms with E-state index in [0.29, 0.717) is 6.54 Å². The van der Waals surface area contributed by atoms with E-state index in [4.69, 9.17) is 0 Å². The van der Waals surface area contributed by atoms with Gasteiger partial charge in [-0.1, -0.05) is 0 Å². The molecule has 2 rings (SSSR count). The predicted molar refractivity (Wildman–Crippen MR) is 65.4 cm³/mol. The second kappa shape index (κ2) is 4.49. The van der Waals surface area contributed by atoms with Crippen LogP contribution in [0.1, 0.15) is 31.0 Å². The Hall–Kier alpha value is -1.36. The van der Waals surface area contributed by atoms with Crippen molar-refractivity contribution in [1.29, 1.82) is 0 Å². The molecule has 17 heavy (non-hydrogen) atoms. The van der Waals surface area contributed by atoms with E-state index in [-0.39, 0.29) is 5.91 Å². The van der Waals surface area contributed by atoms with Crippen LogP contribution in [0.15, 0.2) is 6.20 Å². The zero-order valence-corrected chi connectivity index (χ0v) is 10.7. The number of aromatic nitrogens is 2. The minimum atomic E-state index is -0.393. The highest BCUT2D eigenvalue weighted by atomic mass is 16.2. The van der Waals surface area contributed by atoms with Gasteiger partial charge < -0.3 is 10.6 Å². The summed E-state index contributed by atoms with van der Waals surface area (Å²) in [5.74, 6) is 0.0817. The van der Waals surface area contributed by atoms with Crippen molar-refractivity contribution in [1.82, 2.24) is 20.4 Å². The summed E-state index contributed by atoms with van der Waals surface area (Å²) in [5.41, 5.74) is 1.77. The second-order valence-electron chi connectivity index (χ2n) is 4.92. The Kier molecular flexibility index (Phi) is 3.19. The van der Waals surface area contributed by atoms with Gasteiger partial charge >= 0.3 is 0 Å². The third-order valence-electron chi connectivity index (χ3n) is 3.65. The van der Waals surface area contributed by atoms with E-state index in [1.54, 1.807) is 6.20 Å². The third kappa shape index (κ3) is 2.34. The SMILES string of the molecule is Cc1c(CNC(=O)C2(C)CCCN2)cnn1C. The second-order valence-corrected chi connectivity index (χ2v) is 4.92. The number of amides is 1. The minimum absolute atomic E-state index is 0.0817. The Balaban J connectivity index is 1.94. The van der Waals surface area contributed by atoms with Gasteiger partial charge in [0.05, 0.1) is 11.7 Å². The lowest BCUT2D eigenvalue weighted by Crippen LogP contribution is -2.50. The first-order valence-corrected chi connectivity index (χ1v) is 6.04. The average Bonchev–Trinajstić information content (AvgIpc) is 2.87. The molecule has 1 aliphatic rings. The van der Waals surface area contributed by atoms with Gasteiger partial charge in [0.15, 0.2) is 0 Å². The van der Waals surface area contributed by atoms with Gasteiger partial charge in [-0.3, -0.25) is 9.48 Å². The molecular weight excluding hydrogens is 216 g/mol. The van der Waals surface area contributed by atoms with Crippen molar-refractivity contribution in [3.05, 3.63) is 17.5 Å². The van der Waals surface area contributed by atoms with E-state index in [9.17, 15) is 4.79 Å². The molecule has 94 valence electrons. The Morgan fingerprint density at radius 2 is 2.47 bits per heavy atom. The van der Waals surface area contributed by atoms with Crippen LogP contribution < -0.4 is 10.6 Å². The molecule has 1 aromatic rings. The lowest BCUT2D eigenvalue weighted by Gasteiger charge is -2.22. The minimum Gasteiger partial charge on any atom is -0.350 e. The first kappa shape index (κ1) is 12.1. The van der Waals surface area contributed by atoms with Crippen LogP contribution >= 0.6 is 0 Å². The van der Waals surface area contributed by atoms with Crippen molar-refractivity contribution >= 4 is 5.91 Å². The van der Waals surface area contributed by atoms with Gasteiger partial charge in [0.25, 0.3) is 0 Å². The van der Waals surface area contributed by atoms with Crippen LogP contribution in [0.2, 0.25) is 0 Å². The van der Waals surface area contributed by atoms with Crippen molar-refractivity contribution in [2.75, 3.05) is 6.54 Å².